The lowest BCUT2D eigenvalue weighted by molar-refractivity contribution is 0.0940. The molecule has 0 unspecified atom stereocenters. The van der Waals surface area contributed by atoms with Gasteiger partial charge in [0.15, 0.2) is 0 Å². The number of hydrogen-bond acceptors (Lipinski definition) is 6. The molecule has 0 aliphatic heterocycles. The molecule has 0 saturated carbocycles. The van der Waals surface area contributed by atoms with Crippen LogP contribution in [0.2, 0.25) is 0 Å². The largest absolute Gasteiger partial charge is 0.457 e. The number of sulfonamides is 1. The smallest absolute Gasteiger partial charge is 0.270 e. The lowest BCUT2D eigenvalue weighted by atomic mass is 10.3. The SMILES string of the molecule is O=C(NCCO)c1cc(NS(=O)(=O)c2ccc(Oc3ccccc3)cc2)ccn1. The molecular formula is C20H19N3O5S. The molecule has 1 aromatic heterocycles. The van der Waals surface area contributed by atoms with Gasteiger partial charge >= 0.3 is 0 Å². The number of carbonyl (C=O) groups is 1. The number of aliphatic hydroxyl groups is 1. The lowest BCUT2D eigenvalue weighted by Crippen LogP contribution is -2.27. The number of aliphatic hydroxyl groups excluding tert-OH is 1. The fourth-order valence-electron chi connectivity index (χ4n) is 2.40. The van der Waals surface area contributed by atoms with Crippen molar-refractivity contribution >= 4 is 21.6 Å². The Morgan fingerprint density at radius 2 is 1.69 bits per heavy atom. The van der Waals surface area contributed by atoms with Crippen LogP contribution >= 0.6 is 0 Å². The molecule has 3 rings (SSSR count). The lowest BCUT2D eigenvalue weighted by Gasteiger charge is -2.10. The summed E-state index contributed by atoms with van der Waals surface area (Å²) in [5, 5.41) is 11.2. The van der Waals surface area contributed by atoms with E-state index in [2.05, 4.69) is 15.0 Å². The second kappa shape index (κ2) is 9.18. The van der Waals surface area contributed by atoms with E-state index in [1.165, 1.54) is 30.5 Å². The molecule has 0 radical (unpaired) electrons. The molecule has 0 bridgehead atoms. The highest BCUT2D eigenvalue weighted by Gasteiger charge is 2.16. The summed E-state index contributed by atoms with van der Waals surface area (Å²) in [4.78, 5) is 15.8. The highest BCUT2D eigenvalue weighted by atomic mass is 32.2. The van der Waals surface area contributed by atoms with E-state index in [1.807, 2.05) is 18.2 Å². The zero-order valence-electron chi connectivity index (χ0n) is 15.3. The van der Waals surface area contributed by atoms with Crippen LogP contribution in [0.5, 0.6) is 11.5 Å². The summed E-state index contributed by atoms with van der Waals surface area (Å²) in [6.45, 7) is -0.129. The predicted octanol–water partition coefficient (Wildman–Crippen LogP) is 2.40. The normalized spacial score (nSPS) is 10.9. The second-order valence-electron chi connectivity index (χ2n) is 5.90. The van der Waals surface area contributed by atoms with Crippen LogP contribution in [-0.2, 0) is 10.0 Å². The molecule has 0 saturated heterocycles. The van der Waals surface area contributed by atoms with Gasteiger partial charge in [-0.05, 0) is 48.5 Å². The molecule has 0 atom stereocenters. The van der Waals surface area contributed by atoms with E-state index in [9.17, 15) is 13.2 Å². The van der Waals surface area contributed by atoms with Gasteiger partial charge in [0.05, 0.1) is 17.2 Å². The van der Waals surface area contributed by atoms with Crippen molar-refractivity contribution in [2.75, 3.05) is 17.9 Å². The third kappa shape index (κ3) is 5.53. The minimum atomic E-state index is -3.87. The summed E-state index contributed by atoms with van der Waals surface area (Å²) in [5.41, 5.74) is 0.226. The van der Waals surface area contributed by atoms with Crippen molar-refractivity contribution in [3.05, 3.63) is 78.6 Å². The van der Waals surface area contributed by atoms with Gasteiger partial charge in [-0.3, -0.25) is 14.5 Å². The van der Waals surface area contributed by atoms with Gasteiger partial charge in [0.2, 0.25) is 0 Å². The topological polar surface area (TPSA) is 118 Å². The first-order chi connectivity index (χ1) is 14.0. The highest BCUT2D eigenvalue weighted by molar-refractivity contribution is 7.92. The van der Waals surface area contributed by atoms with Crippen LogP contribution in [0.25, 0.3) is 0 Å². The summed E-state index contributed by atoms with van der Waals surface area (Å²) >= 11 is 0. The van der Waals surface area contributed by atoms with Crippen LogP contribution in [0, 0.1) is 0 Å². The zero-order chi connectivity index (χ0) is 20.7. The van der Waals surface area contributed by atoms with E-state index in [0.29, 0.717) is 11.5 Å². The third-order valence-electron chi connectivity index (χ3n) is 3.76. The molecule has 1 amide bonds. The fraction of sp³-hybridized carbons (Fsp3) is 0.100. The molecule has 3 N–H and O–H groups in total. The van der Waals surface area contributed by atoms with Gasteiger partial charge < -0.3 is 15.2 Å². The number of para-hydroxylation sites is 1. The number of nitrogens with one attached hydrogen (secondary N) is 2. The number of benzene rings is 2. The summed E-state index contributed by atoms with van der Waals surface area (Å²) < 4.78 is 33.3. The van der Waals surface area contributed by atoms with Gasteiger partial charge in [-0.1, -0.05) is 18.2 Å². The first-order valence-corrected chi connectivity index (χ1v) is 10.2. The summed E-state index contributed by atoms with van der Waals surface area (Å²) in [6, 6.07) is 17.9. The Balaban J connectivity index is 1.72. The summed E-state index contributed by atoms with van der Waals surface area (Å²) in [5.74, 6) is 0.634. The van der Waals surface area contributed by atoms with Crippen molar-refractivity contribution in [2.45, 2.75) is 4.90 Å². The number of rotatable bonds is 8. The first-order valence-electron chi connectivity index (χ1n) is 8.69. The van der Waals surface area contributed by atoms with Gasteiger partial charge in [-0.25, -0.2) is 8.42 Å². The monoisotopic (exact) mass is 413 g/mol. The molecule has 9 heteroatoms. The predicted molar refractivity (Wildman–Crippen MR) is 107 cm³/mol. The Hall–Kier alpha value is -3.43. The van der Waals surface area contributed by atoms with E-state index >= 15 is 0 Å². The van der Waals surface area contributed by atoms with Crippen LogP contribution in [0.1, 0.15) is 10.5 Å². The van der Waals surface area contributed by atoms with Crippen LogP contribution in [0.4, 0.5) is 5.69 Å². The van der Waals surface area contributed by atoms with E-state index in [1.54, 1.807) is 24.3 Å². The Morgan fingerprint density at radius 3 is 2.38 bits per heavy atom. The molecule has 0 fully saturated rings. The minimum Gasteiger partial charge on any atom is -0.457 e. The maximum Gasteiger partial charge on any atom is 0.270 e. The standard InChI is InChI=1S/C20H19N3O5S/c24-13-12-22-20(25)19-14-15(10-11-21-19)23-29(26,27)18-8-6-17(7-9-18)28-16-4-2-1-3-5-16/h1-11,14,24H,12-13H2,(H,21,23)(H,22,25). The molecule has 1 heterocycles. The molecular weight excluding hydrogens is 394 g/mol. The first kappa shape index (κ1) is 20.3. The van der Waals surface area contributed by atoms with Crippen molar-refractivity contribution < 1.29 is 23.1 Å². The molecule has 0 spiro atoms. The number of pyridine rings is 1. The van der Waals surface area contributed by atoms with Crippen molar-refractivity contribution in [2.24, 2.45) is 0 Å². The van der Waals surface area contributed by atoms with Gasteiger partial charge in [0.1, 0.15) is 17.2 Å². The van der Waals surface area contributed by atoms with Crippen molar-refractivity contribution in [1.82, 2.24) is 10.3 Å². The average molecular weight is 413 g/mol. The highest BCUT2D eigenvalue weighted by Crippen LogP contribution is 2.23. The number of ether oxygens (including phenoxy) is 1. The average Bonchev–Trinajstić information content (AvgIpc) is 2.73. The maximum absolute atomic E-state index is 12.6. The minimum absolute atomic E-state index is 0.0326. The molecule has 0 aliphatic rings. The Kier molecular flexibility index (Phi) is 6.43. The summed E-state index contributed by atoms with van der Waals surface area (Å²) in [7, 11) is -3.87. The van der Waals surface area contributed by atoms with Crippen LogP contribution in [0.15, 0.2) is 77.8 Å². The van der Waals surface area contributed by atoms with Crippen molar-refractivity contribution in [3.63, 3.8) is 0 Å². The number of carbonyl (C=O) groups excluding carboxylic acids is 1. The fourth-order valence-corrected chi connectivity index (χ4v) is 3.45. The molecule has 29 heavy (non-hydrogen) atoms. The quantitative estimate of drug-likeness (QED) is 0.522. The second-order valence-corrected chi connectivity index (χ2v) is 7.58. The van der Waals surface area contributed by atoms with Gasteiger partial charge in [-0.15, -0.1) is 0 Å². The number of hydrogen-bond donors (Lipinski definition) is 3. The molecule has 8 nitrogen and oxygen atoms in total. The number of anilines is 1. The maximum atomic E-state index is 12.6. The third-order valence-corrected chi connectivity index (χ3v) is 5.15. The molecule has 3 aromatic rings. The van der Waals surface area contributed by atoms with Gasteiger partial charge in [0, 0.05) is 12.7 Å². The Bertz CT molecular complexity index is 1070. The van der Waals surface area contributed by atoms with E-state index in [0.717, 1.165) is 0 Å². The van der Waals surface area contributed by atoms with E-state index < -0.39 is 15.9 Å². The molecule has 150 valence electrons. The number of nitrogens with zero attached hydrogens (tertiary/aromatic N) is 1. The molecule has 0 aliphatic carbocycles. The Morgan fingerprint density at radius 1 is 1.00 bits per heavy atom. The summed E-state index contributed by atoms with van der Waals surface area (Å²) in [6.07, 6.45) is 1.32. The molecule has 2 aromatic carbocycles. The van der Waals surface area contributed by atoms with Gasteiger partial charge in [0.25, 0.3) is 15.9 Å². The van der Waals surface area contributed by atoms with Crippen LogP contribution < -0.4 is 14.8 Å². The van der Waals surface area contributed by atoms with Crippen molar-refractivity contribution in [3.8, 4) is 11.5 Å². The number of aromatic nitrogens is 1. The van der Waals surface area contributed by atoms with E-state index in [-0.39, 0.29) is 29.4 Å². The van der Waals surface area contributed by atoms with E-state index in [4.69, 9.17) is 9.84 Å². The van der Waals surface area contributed by atoms with Crippen LogP contribution in [-0.4, -0.2) is 37.6 Å². The van der Waals surface area contributed by atoms with Crippen molar-refractivity contribution in [1.29, 1.82) is 0 Å². The number of amides is 1. The van der Waals surface area contributed by atoms with Crippen LogP contribution in [0.3, 0.4) is 0 Å². The zero-order valence-corrected chi connectivity index (χ0v) is 16.1. The Labute approximate surface area is 168 Å². The van der Waals surface area contributed by atoms with Gasteiger partial charge in [-0.2, -0.15) is 0 Å².